The van der Waals surface area contributed by atoms with Gasteiger partial charge in [-0.3, -0.25) is 5.43 Å². The average Bonchev–Trinajstić information content (AvgIpc) is 3.22. The number of thiophene rings is 1. The monoisotopic (exact) mass is 368 g/mol. The number of benzene rings is 1. The molecule has 4 rings (SSSR count). The molecule has 6 nitrogen and oxygen atoms in total. The van der Waals surface area contributed by atoms with Gasteiger partial charge < -0.3 is 9.47 Å². The van der Waals surface area contributed by atoms with Crippen molar-refractivity contribution in [3.8, 4) is 11.5 Å². The van der Waals surface area contributed by atoms with Crippen molar-refractivity contribution >= 4 is 33.1 Å². The van der Waals surface area contributed by atoms with Gasteiger partial charge in [-0.2, -0.15) is 5.10 Å². The highest BCUT2D eigenvalue weighted by molar-refractivity contribution is 7.18. The summed E-state index contributed by atoms with van der Waals surface area (Å²) in [6.07, 6.45) is 3.32. The number of aryl methyl sites for hydroxylation is 3. The molecule has 1 N–H and O–H groups in total. The van der Waals surface area contributed by atoms with Crippen LogP contribution in [0.3, 0.4) is 0 Å². The van der Waals surface area contributed by atoms with Crippen LogP contribution in [0, 0.1) is 13.8 Å². The second kappa shape index (κ2) is 6.92. The van der Waals surface area contributed by atoms with Crippen molar-refractivity contribution in [1.29, 1.82) is 0 Å². The summed E-state index contributed by atoms with van der Waals surface area (Å²) in [5, 5.41) is 5.57. The van der Waals surface area contributed by atoms with Gasteiger partial charge in [0, 0.05) is 10.6 Å². The van der Waals surface area contributed by atoms with Crippen LogP contribution in [-0.2, 0) is 6.42 Å². The van der Waals surface area contributed by atoms with Crippen LogP contribution in [0.4, 0.5) is 5.82 Å². The minimum atomic E-state index is 0.304. The molecular formula is C19H20N4O2S. The Labute approximate surface area is 155 Å². The fourth-order valence-corrected chi connectivity index (χ4v) is 3.89. The van der Waals surface area contributed by atoms with Crippen molar-refractivity contribution in [3.63, 3.8) is 0 Å². The van der Waals surface area contributed by atoms with Gasteiger partial charge >= 0.3 is 0 Å². The highest BCUT2D eigenvalue weighted by Crippen LogP contribution is 2.33. The number of nitrogens with one attached hydrogen (secondary N) is 1. The van der Waals surface area contributed by atoms with E-state index in [-0.39, 0.29) is 0 Å². The van der Waals surface area contributed by atoms with Crippen LogP contribution in [0.1, 0.15) is 29.3 Å². The van der Waals surface area contributed by atoms with Gasteiger partial charge in [-0.1, -0.05) is 6.07 Å². The highest BCUT2D eigenvalue weighted by atomic mass is 32.1. The first-order chi connectivity index (χ1) is 12.6. The van der Waals surface area contributed by atoms with Crippen LogP contribution < -0.4 is 14.9 Å². The van der Waals surface area contributed by atoms with Gasteiger partial charge in [-0.15, -0.1) is 11.3 Å². The van der Waals surface area contributed by atoms with E-state index >= 15 is 0 Å². The van der Waals surface area contributed by atoms with Crippen molar-refractivity contribution < 1.29 is 9.47 Å². The Morgan fingerprint density at radius 3 is 2.96 bits per heavy atom. The second-order valence-electron chi connectivity index (χ2n) is 6.33. The summed E-state index contributed by atoms with van der Waals surface area (Å²) in [5.41, 5.74) is 6.55. The summed E-state index contributed by atoms with van der Waals surface area (Å²) in [7, 11) is 0. The maximum Gasteiger partial charge on any atom is 0.231 e. The molecule has 0 bridgehead atoms. The summed E-state index contributed by atoms with van der Waals surface area (Å²) in [5.74, 6) is 2.40. The first-order valence-electron chi connectivity index (χ1n) is 8.50. The van der Waals surface area contributed by atoms with Crippen LogP contribution in [0.5, 0.6) is 11.5 Å². The zero-order valence-electron chi connectivity index (χ0n) is 15.0. The molecule has 0 radical (unpaired) electrons. The van der Waals surface area contributed by atoms with Crippen molar-refractivity contribution in [3.05, 3.63) is 40.5 Å². The number of hydrogen-bond acceptors (Lipinski definition) is 7. The molecule has 0 fully saturated rings. The minimum absolute atomic E-state index is 0.304. The summed E-state index contributed by atoms with van der Waals surface area (Å²) >= 11 is 1.68. The Morgan fingerprint density at radius 1 is 1.23 bits per heavy atom. The van der Waals surface area contributed by atoms with E-state index in [1.54, 1.807) is 17.7 Å². The maximum atomic E-state index is 5.43. The third-order valence-corrected chi connectivity index (χ3v) is 5.65. The van der Waals surface area contributed by atoms with E-state index in [2.05, 4.69) is 40.4 Å². The molecule has 134 valence electrons. The largest absolute Gasteiger partial charge is 0.454 e. The number of anilines is 1. The van der Waals surface area contributed by atoms with Crippen LogP contribution in [0.25, 0.3) is 10.2 Å². The normalized spacial score (nSPS) is 13.4. The van der Waals surface area contributed by atoms with E-state index in [1.165, 1.54) is 16.0 Å². The number of nitrogens with zero attached hydrogens (tertiary/aromatic N) is 3. The van der Waals surface area contributed by atoms with E-state index in [9.17, 15) is 0 Å². The molecule has 0 saturated carbocycles. The van der Waals surface area contributed by atoms with E-state index in [0.717, 1.165) is 46.1 Å². The third-order valence-electron chi connectivity index (χ3n) is 4.53. The molecule has 0 atom stereocenters. The lowest BCUT2D eigenvalue weighted by Crippen LogP contribution is -2.01. The molecular weight excluding hydrogens is 348 g/mol. The molecule has 1 aliphatic heterocycles. The van der Waals surface area contributed by atoms with E-state index < -0.39 is 0 Å². The number of rotatable bonds is 5. The third kappa shape index (κ3) is 3.22. The Morgan fingerprint density at radius 2 is 2.08 bits per heavy atom. The van der Waals surface area contributed by atoms with Gasteiger partial charge in [-0.05, 0) is 56.9 Å². The number of fused-ring (bicyclic) bond motifs is 2. The SMILES string of the molecule is C/C(CCc1ccc2c(c1)OCO2)=N\Nc1ncnc2sc(C)c(C)c12. The molecule has 0 saturated heterocycles. The van der Waals surface area contributed by atoms with E-state index in [0.29, 0.717) is 6.79 Å². The summed E-state index contributed by atoms with van der Waals surface area (Å²) in [6.45, 7) is 6.52. The number of aromatic nitrogens is 2. The molecule has 3 heterocycles. The average molecular weight is 368 g/mol. The van der Waals surface area contributed by atoms with Crippen molar-refractivity contribution in [1.82, 2.24) is 9.97 Å². The standard InChI is InChI=1S/C19H20N4O2S/c1-11(4-5-14-6-7-15-16(8-14)25-10-24-15)22-23-18-17-12(2)13(3)26-19(17)21-9-20-18/h6-9H,4-5,10H2,1-3H3,(H,20,21,23)/b22-11+. The Kier molecular flexibility index (Phi) is 4.46. The minimum Gasteiger partial charge on any atom is -0.454 e. The van der Waals surface area contributed by atoms with Gasteiger partial charge in [0.1, 0.15) is 11.2 Å². The lowest BCUT2D eigenvalue weighted by atomic mass is 10.1. The zero-order valence-corrected chi connectivity index (χ0v) is 15.8. The van der Waals surface area contributed by atoms with Crippen LogP contribution in [-0.4, -0.2) is 22.5 Å². The van der Waals surface area contributed by atoms with Crippen molar-refractivity contribution in [2.45, 2.75) is 33.6 Å². The van der Waals surface area contributed by atoms with Gasteiger partial charge in [0.2, 0.25) is 6.79 Å². The summed E-state index contributed by atoms with van der Waals surface area (Å²) < 4.78 is 10.8. The van der Waals surface area contributed by atoms with Crippen LogP contribution in [0.2, 0.25) is 0 Å². The first kappa shape index (κ1) is 16.8. The topological polar surface area (TPSA) is 68.6 Å². The fraction of sp³-hybridized carbons (Fsp3) is 0.316. The van der Waals surface area contributed by atoms with Gasteiger partial charge in [-0.25, -0.2) is 9.97 Å². The molecule has 0 aliphatic carbocycles. The molecule has 2 aromatic heterocycles. The second-order valence-corrected chi connectivity index (χ2v) is 7.54. The smallest absolute Gasteiger partial charge is 0.231 e. The van der Waals surface area contributed by atoms with Gasteiger partial charge in [0.15, 0.2) is 17.3 Å². The predicted molar refractivity (Wildman–Crippen MR) is 105 cm³/mol. The first-order valence-corrected chi connectivity index (χ1v) is 9.32. The van der Waals surface area contributed by atoms with Crippen molar-refractivity contribution in [2.75, 3.05) is 12.2 Å². The molecule has 3 aromatic rings. The Hall–Kier alpha value is -2.67. The molecule has 7 heteroatoms. The number of hydrogen-bond donors (Lipinski definition) is 1. The fourth-order valence-electron chi connectivity index (χ4n) is 2.89. The number of ether oxygens (including phenoxy) is 2. The zero-order chi connectivity index (χ0) is 18.1. The molecule has 1 aliphatic rings. The summed E-state index contributed by atoms with van der Waals surface area (Å²) in [6, 6.07) is 6.07. The van der Waals surface area contributed by atoms with E-state index in [1.807, 2.05) is 19.1 Å². The highest BCUT2D eigenvalue weighted by Gasteiger charge is 2.13. The van der Waals surface area contributed by atoms with Gasteiger partial charge in [0.05, 0.1) is 5.39 Å². The lowest BCUT2D eigenvalue weighted by molar-refractivity contribution is 0.174. The maximum absolute atomic E-state index is 5.43. The van der Waals surface area contributed by atoms with Crippen molar-refractivity contribution in [2.24, 2.45) is 5.10 Å². The van der Waals surface area contributed by atoms with Gasteiger partial charge in [0.25, 0.3) is 0 Å². The summed E-state index contributed by atoms with van der Waals surface area (Å²) in [4.78, 5) is 11.0. The molecule has 0 amide bonds. The lowest BCUT2D eigenvalue weighted by Gasteiger charge is -2.06. The molecule has 0 unspecified atom stereocenters. The Balaban J connectivity index is 1.44. The predicted octanol–water partition coefficient (Wildman–Crippen LogP) is 4.46. The van der Waals surface area contributed by atoms with Crippen LogP contribution >= 0.6 is 11.3 Å². The Bertz CT molecular complexity index is 997. The number of hydrazone groups is 1. The van der Waals surface area contributed by atoms with E-state index in [4.69, 9.17) is 9.47 Å². The van der Waals surface area contributed by atoms with Crippen LogP contribution in [0.15, 0.2) is 29.6 Å². The molecule has 0 spiro atoms. The quantitative estimate of drug-likeness (QED) is 0.532. The molecule has 26 heavy (non-hydrogen) atoms. The molecule has 1 aromatic carbocycles.